The predicted octanol–water partition coefficient (Wildman–Crippen LogP) is 3.12. The molecule has 78 valence electrons. The van der Waals surface area contributed by atoms with Gasteiger partial charge in [0.15, 0.2) is 0 Å². The highest BCUT2D eigenvalue weighted by Gasteiger charge is 2.42. The van der Waals surface area contributed by atoms with E-state index in [4.69, 9.17) is 4.42 Å². The first-order valence-electron chi connectivity index (χ1n) is 5.41. The lowest BCUT2D eigenvalue weighted by atomic mass is 10.00. The monoisotopic (exact) mass is 193 g/mol. The van der Waals surface area contributed by atoms with Gasteiger partial charge in [-0.25, -0.2) is 0 Å². The smallest absolute Gasteiger partial charge is 0.120 e. The molecule has 1 fully saturated rings. The van der Waals surface area contributed by atoms with Crippen LogP contribution in [-0.2, 0) is 0 Å². The molecule has 1 N–H and O–H groups in total. The topological polar surface area (TPSA) is 25.2 Å². The molecule has 0 radical (unpaired) electrons. The van der Waals surface area contributed by atoms with Gasteiger partial charge in [-0.05, 0) is 44.2 Å². The molecule has 1 unspecified atom stereocenters. The molecule has 0 saturated heterocycles. The Hall–Kier alpha value is -0.760. The number of nitrogens with one attached hydrogen (secondary N) is 1. The lowest BCUT2D eigenvalue weighted by molar-refractivity contribution is 0.324. The zero-order chi connectivity index (χ0) is 10.2. The van der Waals surface area contributed by atoms with Crippen molar-refractivity contribution < 1.29 is 4.42 Å². The van der Waals surface area contributed by atoms with E-state index in [0.29, 0.717) is 17.5 Å². The summed E-state index contributed by atoms with van der Waals surface area (Å²) < 4.78 is 5.37. The SMILES string of the molecule is CC(N[C@@H](C)c1ccco1)C1(C)CC1. The lowest BCUT2D eigenvalue weighted by Crippen LogP contribution is -2.35. The van der Waals surface area contributed by atoms with Crippen LogP contribution in [0.3, 0.4) is 0 Å². The Morgan fingerprint density at radius 1 is 1.43 bits per heavy atom. The fourth-order valence-corrected chi connectivity index (χ4v) is 1.83. The van der Waals surface area contributed by atoms with Gasteiger partial charge >= 0.3 is 0 Å². The van der Waals surface area contributed by atoms with Crippen LogP contribution in [0.4, 0.5) is 0 Å². The van der Waals surface area contributed by atoms with E-state index in [1.807, 2.05) is 12.1 Å². The van der Waals surface area contributed by atoms with Crippen LogP contribution in [0.1, 0.15) is 45.4 Å². The summed E-state index contributed by atoms with van der Waals surface area (Å²) in [5.74, 6) is 1.03. The molecule has 0 bridgehead atoms. The molecular formula is C12H19NO. The molecule has 0 aromatic carbocycles. The van der Waals surface area contributed by atoms with Crippen LogP contribution in [0, 0.1) is 5.41 Å². The molecule has 0 spiro atoms. The molecule has 14 heavy (non-hydrogen) atoms. The summed E-state index contributed by atoms with van der Waals surface area (Å²) in [6.45, 7) is 6.77. The van der Waals surface area contributed by atoms with E-state index in [1.54, 1.807) is 6.26 Å². The van der Waals surface area contributed by atoms with Crippen molar-refractivity contribution in [3.8, 4) is 0 Å². The third-order valence-corrected chi connectivity index (χ3v) is 3.55. The minimum atomic E-state index is 0.317. The van der Waals surface area contributed by atoms with Crippen molar-refractivity contribution in [1.29, 1.82) is 0 Å². The average molecular weight is 193 g/mol. The van der Waals surface area contributed by atoms with Crippen LogP contribution in [0.2, 0.25) is 0 Å². The maximum atomic E-state index is 5.37. The van der Waals surface area contributed by atoms with Crippen molar-refractivity contribution in [2.75, 3.05) is 0 Å². The van der Waals surface area contributed by atoms with Gasteiger partial charge in [0.2, 0.25) is 0 Å². The molecule has 1 aliphatic carbocycles. The summed E-state index contributed by atoms with van der Waals surface area (Å²) in [6.07, 6.45) is 4.44. The molecule has 0 amide bonds. The summed E-state index contributed by atoms with van der Waals surface area (Å²) in [6, 6.07) is 4.86. The maximum absolute atomic E-state index is 5.37. The van der Waals surface area contributed by atoms with Crippen LogP contribution >= 0.6 is 0 Å². The normalized spacial score (nSPS) is 23.1. The quantitative estimate of drug-likeness (QED) is 0.794. The Labute approximate surface area is 85.7 Å². The van der Waals surface area contributed by atoms with Crippen LogP contribution in [0.5, 0.6) is 0 Å². The van der Waals surface area contributed by atoms with Crippen molar-refractivity contribution in [3.63, 3.8) is 0 Å². The molecule has 2 rings (SSSR count). The van der Waals surface area contributed by atoms with Gasteiger partial charge in [0.25, 0.3) is 0 Å². The van der Waals surface area contributed by atoms with E-state index in [0.717, 1.165) is 5.76 Å². The largest absolute Gasteiger partial charge is 0.468 e. The lowest BCUT2D eigenvalue weighted by Gasteiger charge is -2.23. The van der Waals surface area contributed by atoms with Crippen LogP contribution in [-0.4, -0.2) is 6.04 Å². The Bertz CT molecular complexity index is 287. The van der Waals surface area contributed by atoms with Gasteiger partial charge in [0, 0.05) is 6.04 Å². The zero-order valence-corrected chi connectivity index (χ0v) is 9.21. The van der Waals surface area contributed by atoms with Crippen molar-refractivity contribution in [3.05, 3.63) is 24.2 Å². The van der Waals surface area contributed by atoms with E-state index < -0.39 is 0 Å². The van der Waals surface area contributed by atoms with Crippen molar-refractivity contribution in [2.24, 2.45) is 5.41 Å². The second kappa shape index (κ2) is 3.43. The Morgan fingerprint density at radius 2 is 2.14 bits per heavy atom. The molecule has 2 heteroatoms. The fourth-order valence-electron chi connectivity index (χ4n) is 1.83. The third-order valence-electron chi connectivity index (χ3n) is 3.55. The van der Waals surface area contributed by atoms with Crippen molar-refractivity contribution in [2.45, 2.75) is 45.7 Å². The second-order valence-corrected chi connectivity index (χ2v) is 4.78. The molecule has 1 aromatic rings. The first-order chi connectivity index (χ1) is 6.62. The first kappa shape index (κ1) is 9.78. The Morgan fingerprint density at radius 3 is 2.64 bits per heavy atom. The molecule has 1 aliphatic rings. The van der Waals surface area contributed by atoms with E-state index >= 15 is 0 Å². The van der Waals surface area contributed by atoms with E-state index in [1.165, 1.54) is 12.8 Å². The van der Waals surface area contributed by atoms with E-state index in [9.17, 15) is 0 Å². The molecule has 1 saturated carbocycles. The van der Waals surface area contributed by atoms with Crippen LogP contribution in [0.15, 0.2) is 22.8 Å². The van der Waals surface area contributed by atoms with Crippen molar-refractivity contribution >= 4 is 0 Å². The Balaban J connectivity index is 1.91. The zero-order valence-electron chi connectivity index (χ0n) is 9.21. The molecular weight excluding hydrogens is 174 g/mol. The standard InChI is InChI=1S/C12H19NO/c1-9(11-5-4-8-14-11)13-10(2)12(3)6-7-12/h4-5,8-10,13H,6-7H2,1-3H3/t9-,10?/m0/s1. The highest BCUT2D eigenvalue weighted by Crippen LogP contribution is 2.48. The summed E-state index contributed by atoms with van der Waals surface area (Å²) >= 11 is 0. The second-order valence-electron chi connectivity index (χ2n) is 4.78. The number of hydrogen-bond acceptors (Lipinski definition) is 2. The predicted molar refractivity (Wildman–Crippen MR) is 57.1 cm³/mol. The molecule has 1 aromatic heterocycles. The fraction of sp³-hybridized carbons (Fsp3) is 0.667. The van der Waals surface area contributed by atoms with Gasteiger partial charge < -0.3 is 9.73 Å². The average Bonchev–Trinajstić information content (AvgIpc) is 2.71. The van der Waals surface area contributed by atoms with Gasteiger partial charge in [-0.3, -0.25) is 0 Å². The molecule has 2 nitrogen and oxygen atoms in total. The Kier molecular flexibility index (Phi) is 2.40. The van der Waals surface area contributed by atoms with Crippen LogP contribution in [0.25, 0.3) is 0 Å². The van der Waals surface area contributed by atoms with Gasteiger partial charge in [-0.2, -0.15) is 0 Å². The minimum Gasteiger partial charge on any atom is -0.468 e. The maximum Gasteiger partial charge on any atom is 0.120 e. The van der Waals surface area contributed by atoms with Crippen LogP contribution < -0.4 is 5.32 Å². The summed E-state index contributed by atoms with van der Waals surface area (Å²) in [5.41, 5.74) is 0.529. The number of hydrogen-bond donors (Lipinski definition) is 1. The summed E-state index contributed by atoms with van der Waals surface area (Å²) in [7, 11) is 0. The third kappa shape index (κ3) is 1.85. The highest BCUT2D eigenvalue weighted by atomic mass is 16.3. The van der Waals surface area contributed by atoms with Crippen molar-refractivity contribution in [1.82, 2.24) is 5.32 Å². The van der Waals surface area contributed by atoms with Gasteiger partial charge in [-0.1, -0.05) is 6.92 Å². The number of furan rings is 1. The van der Waals surface area contributed by atoms with Gasteiger partial charge in [0.05, 0.1) is 12.3 Å². The minimum absolute atomic E-state index is 0.317. The van der Waals surface area contributed by atoms with Gasteiger partial charge in [-0.15, -0.1) is 0 Å². The first-order valence-corrected chi connectivity index (χ1v) is 5.41. The molecule has 1 heterocycles. The summed E-state index contributed by atoms with van der Waals surface area (Å²) in [5, 5.41) is 3.59. The molecule has 0 aliphatic heterocycles. The highest BCUT2D eigenvalue weighted by molar-refractivity contribution is 5.05. The number of rotatable bonds is 4. The molecule has 2 atom stereocenters. The van der Waals surface area contributed by atoms with E-state index in [2.05, 4.69) is 26.1 Å². The summed E-state index contributed by atoms with van der Waals surface area (Å²) in [4.78, 5) is 0. The van der Waals surface area contributed by atoms with E-state index in [-0.39, 0.29) is 0 Å². The van der Waals surface area contributed by atoms with Gasteiger partial charge in [0.1, 0.15) is 5.76 Å².